The number of hydrogen-bond donors (Lipinski definition) is 1. The molecule has 1 fully saturated rings. The zero-order valence-corrected chi connectivity index (χ0v) is 21.1. The van der Waals surface area contributed by atoms with Crippen molar-refractivity contribution in [2.75, 3.05) is 0 Å². The summed E-state index contributed by atoms with van der Waals surface area (Å²) in [5, 5.41) is 13.1. The van der Waals surface area contributed by atoms with Crippen LogP contribution in [-0.4, -0.2) is 45.7 Å². The molecule has 0 aliphatic carbocycles. The zero-order chi connectivity index (χ0) is 24.9. The fraction of sp³-hybridized carbons (Fsp3) is 0.154. The Morgan fingerprint density at radius 1 is 0.944 bits per heavy atom. The van der Waals surface area contributed by atoms with Crippen LogP contribution in [0.3, 0.4) is 0 Å². The maximum absolute atomic E-state index is 13.4. The lowest BCUT2D eigenvalue weighted by molar-refractivity contribution is 0.128. The van der Waals surface area contributed by atoms with Gasteiger partial charge in [0.05, 0.1) is 11.8 Å². The summed E-state index contributed by atoms with van der Waals surface area (Å²) in [5.74, 6) is 0.410. The quantitative estimate of drug-likeness (QED) is 0.341. The van der Waals surface area contributed by atoms with Gasteiger partial charge in [0.1, 0.15) is 35.5 Å². The summed E-state index contributed by atoms with van der Waals surface area (Å²) in [7, 11) is -3.99. The first-order valence-corrected chi connectivity index (χ1v) is 13.5. The minimum atomic E-state index is -3.99. The van der Waals surface area contributed by atoms with Crippen LogP contribution < -0.4 is 4.18 Å². The summed E-state index contributed by atoms with van der Waals surface area (Å²) < 4.78 is 41.0. The molecule has 2 bridgehead atoms. The number of fused-ring (bicyclic) bond motifs is 2. The average Bonchev–Trinajstić information content (AvgIpc) is 3.63. The molecule has 8 nitrogen and oxygen atoms in total. The summed E-state index contributed by atoms with van der Waals surface area (Å²) in [4.78, 5) is 3.98. The van der Waals surface area contributed by atoms with Crippen molar-refractivity contribution in [3.63, 3.8) is 0 Å². The van der Waals surface area contributed by atoms with Gasteiger partial charge in [-0.15, -0.1) is 0 Å². The highest BCUT2D eigenvalue weighted by Gasteiger charge is 2.53. The molecule has 1 aromatic heterocycles. The van der Waals surface area contributed by atoms with Gasteiger partial charge in [0.2, 0.25) is 0 Å². The van der Waals surface area contributed by atoms with Crippen LogP contribution in [0.4, 0.5) is 0 Å². The van der Waals surface area contributed by atoms with Gasteiger partial charge in [-0.25, -0.2) is 9.67 Å². The van der Waals surface area contributed by atoms with E-state index >= 15 is 0 Å². The minimum absolute atomic E-state index is 0.158. The molecular weight excluding hydrogens is 546 g/mol. The van der Waals surface area contributed by atoms with Crippen molar-refractivity contribution in [3.8, 4) is 17.2 Å². The zero-order valence-electron chi connectivity index (χ0n) is 18.7. The summed E-state index contributed by atoms with van der Waals surface area (Å²) in [6.07, 6.45) is 2.23. The van der Waals surface area contributed by atoms with Gasteiger partial charge in [0.15, 0.2) is 0 Å². The van der Waals surface area contributed by atoms with Crippen LogP contribution in [0.5, 0.6) is 11.5 Å². The van der Waals surface area contributed by atoms with Gasteiger partial charge in [0, 0.05) is 10.9 Å². The predicted molar refractivity (Wildman–Crippen MR) is 137 cm³/mol. The van der Waals surface area contributed by atoms with Gasteiger partial charge in [-0.2, -0.15) is 13.5 Å². The second kappa shape index (κ2) is 8.88. The average molecular weight is 566 g/mol. The lowest BCUT2D eigenvalue weighted by atomic mass is 9.83. The predicted octanol–water partition coefficient (Wildman–Crippen LogP) is 4.59. The van der Waals surface area contributed by atoms with E-state index in [9.17, 15) is 13.5 Å². The first kappa shape index (κ1) is 23.0. The van der Waals surface area contributed by atoms with Gasteiger partial charge in [-0.05, 0) is 70.8 Å². The van der Waals surface area contributed by atoms with Crippen LogP contribution in [0.15, 0.2) is 89.9 Å². The highest BCUT2D eigenvalue weighted by Crippen LogP contribution is 2.51. The van der Waals surface area contributed by atoms with Crippen molar-refractivity contribution >= 4 is 37.2 Å². The van der Waals surface area contributed by atoms with Crippen molar-refractivity contribution in [1.29, 1.82) is 0 Å². The molecule has 2 aliphatic heterocycles. The van der Waals surface area contributed by atoms with Gasteiger partial charge in [-0.3, -0.25) is 0 Å². The van der Waals surface area contributed by atoms with Crippen LogP contribution in [0.2, 0.25) is 0 Å². The Hall–Kier alpha value is -3.47. The Bertz CT molecular complexity index is 1530. The maximum atomic E-state index is 13.4. The van der Waals surface area contributed by atoms with Crippen molar-refractivity contribution in [2.45, 2.75) is 23.9 Å². The lowest BCUT2D eigenvalue weighted by Crippen LogP contribution is -2.35. The maximum Gasteiger partial charge on any atom is 0.315 e. The molecule has 6 rings (SSSR count). The van der Waals surface area contributed by atoms with Crippen LogP contribution in [0, 0.1) is 0 Å². The largest absolute Gasteiger partial charge is 0.508 e. The molecule has 1 N–H and O–H groups in total. The normalized spacial score (nSPS) is 21.2. The molecule has 0 saturated carbocycles. The fourth-order valence-electron chi connectivity index (χ4n) is 4.81. The Morgan fingerprint density at radius 2 is 1.61 bits per heavy atom. The Kier molecular flexibility index (Phi) is 5.66. The SMILES string of the molecule is O=S(=O)(Oc1ccc(Br)cc1)C1CC2OC1C(c1ccc(-n3cncn3)cc1)=C2c1ccc(O)cc1. The Morgan fingerprint density at radius 3 is 2.28 bits per heavy atom. The summed E-state index contributed by atoms with van der Waals surface area (Å²) >= 11 is 3.35. The standard InChI is InChI=1S/C26H20BrN3O5S/c27-18-5-11-21(12-6-18)35-36(32,33)23-13-22-24(16-3-9-20(31)10-4-16)25(26(23)34-22)17-1-7-19(8-2-17)30-15-28-14-29-30/h1-12,14-15,22-23,26,31H,13H2. The van der Waals surface area contributed by atoms with E-state index in [1.54, 1.807) is 47.4 Å². The first-order chi connectivity index (χ1) is 17.4. The molecule has 2 aliphatic rings. The second-order valence-corrected chi connectivity index (χ2v) is 11.3. The van der Waals surface area contributed by atoms with Crippen molar-refractivity contribution in [2.24, 2.45) is 0 Å². The van der Waals surface area contributed by atoms with E-state index in [0.717, 1.165) is 32.4 Å². The number of aromatic nitrogens is 3. The molecule has 0 radical (unpaired) electrons. The van der Waals surface area contributed by atoms with Crippen molar-refractivity contribution in [3.05, 3.63) is 101 Å². The molecule has 10 heteroatoms. The highest BCUT2D eigenvalue weighted by molar-refractivity contribution is 9.10. The number of halogens is 1. The molecule has 3 heterocycles. The number of phenolic OH excluding ortho intramolecular Hbond substituents is 1. The summed E-state index contributed by atoms with van der Waals surface area (Å²) in [6, 6.07) is 21.2. The molecule has 182 valence electrons. The third-order valence-corrected chi connectivity index (χ3v) is 8.56. The van der Waals surface area contributed by atoms with Gasteiger partial charge in [-0.1, -0.05) is 40.2 Å². The highest BCUT2D eigenvalue weighted by atomic mass is 79.9. The van der Waals surface area contributed by atoms with E-state index in [1.165, 1.54) is 6.33 Å². The van der Waals surface area contributed by atoms with Crippen molar-refractivity contribution < 1.29 is 22.4 Å². The van der Waals surface area contributed by atoms with E-state index < -0.39 is 27.6 Å². The van der Waals surface area contributed by atoms with Crippen LogP contribution in [-0.2, 0) is 14.9 Å². The van der Waals surface area contributed by atoms with Gasteiger partial charge in [0.25, 0.3) is 0 Å². The van der Waals surface area contributed by atoms with E-state index in [1.807, 2.05) is 36.4 Å². The number of nitrogens with zero attached hydrogens (tertiary/aromatic N) is 3. The van der Waals surface area contributed by atoms with E-state index in [4.69, 9.17) is 8.92 Å². The third kappa shape index (κ3) is 4.11. The Balaban J connectivity index is 1.40. The number of hydrogen-bond acceptors (Lipinski definition) is 7. The van der Waals surface area contributed by atoms with Crippen LogP contribution in [0.25, 0.3) is 16.8 Å². The number of phenols is 1. The summed E-state index contributed by atoms with van der Waals surface area (Å²) in [5.41, 5.74) is 4.27. The van der Waals surface area contributed by atoms with E-state index in [-0.39, 0.29) is 17.9 Å². The van der Waals surface area contributed by atoms with Crippen molar-refractivity contribution in [1.82, 2.24) is 14.8 Å². The third-order valence-electron chi connectivity index (χ3n) is 6.43. The molecule has 36 heavy (non-hydrogen) atoms. The number of aromatic hydroxyl groups is 1. The number of rotatable bonds is 6. The van der Waals surface area contributed by atoms with Crippen LogP contribution >= 0.6 is 15.9 Å². The van der Waals surface area contributed by atoms with E-state index in [2.05, 4.69) is 26.0 Å². The number of ether oxygens (including phenoxy) is 1. The minimum Gasteiger partial charge on any atom is -0.508 e. The van der Waals surface area contributed by atoms with Crippen LogP contribution in [0.1, 0.15) is 17.5 Å². The molecule has 3 unspecified atom stereocenters. The molecule has 0 spiro atoms. The molecule has 0 amide bonds. The topological polar surface area (TPSA) is 104 Å². The number of benzene rings is 3. The molecular formula is C26H20BrN3O5S. The monoisotopic (exact) mass is 565 g/mol. The van der Waals surface area contributed by atoms with E-state index in [0.29, 0.717) is 0 Å². The summed E-state index contributed by atoms with van der Waals surface area (Å²) in [6.45, 7) is 0. The molecule has 3 aromatic carbocycles. The first-order valence-electron chi connectivity index (χ1n) is 11.2. The second-order valence-electron chi connectivity index (χ2n) is 8.61. The lowest BCUT2D eigenvalue weighted by Gasteiger charge is -2.24. The Labute approximate surface area is 216 Å². The fourth-order valence-corrected chi connectivity index (χ4v) is 6.49. The smallest absolute Gasteiger partial charge is 0.315 e. The molecule has 1 saturated heterocycles. The molecule has 4 aromatic rings. The van der Waals surface area contributed by atoms with Gasteiger partial charge < -0.3 is 14.0 Å². The van der Waals surface area contributed by atoms with Gasteiger partial charge >= 0.3 is 10.1 Å². The molecule has 3 atom stereocenters.